The lowest BCUT2D eigenvalue weighted by Gasteiger charge is -2.25. The molecule has 1 saturated carbocycles. The highest BCUT2D eigenvalue weighted by Crippen LogP contribution is 2.35. The van der Waals surface area contributed by atoms with Crippen molar-refractivity contribution >= 4 is 0 Å². The van der Waals surface area contributed by atoms with Gasteiger partial charge in [-0.15, -0.1) is 12.3 Å². The van der Waals surface area contributed by atoms with Crippen LogP contribution in [0.1, 0.15) is 25.7 Å². The van der Waals surface area contributed by atoms with E-state index in [0.717, 1.165) is 6.42 Å². The molecule has 1 rings (SSSR count). The van der Waals surface area contributed by atoms with Crippen LogP contribution in [0, 0.1) is 18.3 Å². The van der Waals surface area contributed by atoms with Crippen LogP contribution < -0.4 is 0 Å². The van der Waals surface area contributed by atoms with E-state index >= 15 is 0 Å². The van der Waals surface area contributed by atoms with E-state index in [-0.39, 0.29) is 18.8 Å². The van der Waals surface area contributed by atoms with Gasteiger partial charge in [0.25, 0.3) is 0 Å². The van der Waals surface area contributed by atoms with Gasteiger partial charge in [0.2, 0.25) is 5.92 Å². The van der Waals surface area contributed by atoms with Gasteiger partial charge in [-0.1, -0.05) is 0 Å². The van der Waals surface area contributed by atoms with Crippen LogP contribution in [0.5, 0.6) is 0 Å². The number of alkyl halides is 2. The van der Waals surface area contributed by atoms with E-state index < -0.39 is 5.92 Å². The molecule has 1 fully saturated rings. The van der Waals surface area contributed by atoms with Crippen LogP contribution in [0.2, 0.25) is 0 Å². The lowest BCUT2D eigenvalue weighted by Crippen LogP contribution is -2.25. The van der Waals surface area contributed by atoms with E-state index in [1.165, 1.54) is 0 Å². The molecule has 0 N–H and O–H groups in total. The average Bonchev–Trinajstić information content (AvgIpc) is 1.86. The van der Waals surface area contributed by atoms with Crippen LogP contribution >= 0.6 is 0 Å². The summed E-state index contributed by atoms with van der Waals surface area (Å²) >= 11 is 0. The topological polar surface area (TPSA) is 0 Å². The molecule has 0 radical (unpaired) electrons. The van der Waals surface area contributed by atoms with Gasteiger partial charge in [0.1, 0.15) is 0 Å². The predicted molar refractivity (Wildman–Crippen MR) is 35.7 cm³/mol. The standard InChI is InChI=1S/C8H10F2/c1-2-7-4-3-5-8(9,10)6-7/h1,7H,3-6H2. The molecule has 0 bridgehead atoms. The van der Waals surface area contributed by atoms with Gasteiger partial charge in [-0.3, -0.25) is 0 Å². The quantitative estimate of drug-likeness (QED) is 0.458. The van der Waals surface area contributed by atoms with Crippen LogP contribution in [0.15, 0.2) is 0 Å². The van der Waals surface area contributed by atoms with E-state index in [1.54, 1.807) is 0 Å². The first-order valence-electron chi connectivity index (χ1n) is 3.48. The van der Waals surface area contributed by atoms with Crippen LogP contribution in [-0.4, -0.2) is 5.92 Å². The highest BCUT2D eigenvalue weighted by atomic mass is 19.3. The zero-order chi connectivity index (χ0) is 7.61. The molecule has 1 atom stereocenters. The van der Waals surface area contributed by atoms with Gasteiger partial charge in [0.15, 0.2) is 0 Å². The Kier molecular flexibility index (Phi) is 1.94. The normalized spacial score (nSPS) is 31.1. The van der Waals surface area contributed by atoms with Gasteiger partial charge in [0.05, 0.1) is 0 Å². The van der Waals surface area contributed by atoms with E-state index in [2.05, 4.69) is 5.92 Å². The predicted octanol–water partition coefficient (Wildman–Crippen LogP) is 2.45. The second-order valence-corrected chi connectivity index (χ2v) is 2.82. The molecule has 0 saturated heterocycles. The highest BCUT2D eigenvalue weighted by molar-refractivity contribution is 4.97. The summed E-state index contributed by atoms with van der Waals surface area (Å²) in [7, 11) is 0. The Morgan fingerprint density at radius 3 is 2.60 bits per heavy atom. The first-order valence-corrected chi connectivity index (χ1v) is 3.48. The Bertz CT molecular complexity index is 155. The van der Waals surface area contributed by atoms with Gasteiger partial charge < -0.3 is 0 Å². The van der Waals surface area contributed by atoms with Crippen molar-refractivity contribution in [2.45, 2.75) is 31.6 Å². The molecule has 56 valence electrons. The van der Waals surface area contributed by atoms with Crippen molar-refractivity contribution in [1.82, 2.24) is 0 Å². The molecule has 1 aliphatic carbocycles. The van der Waals surface area contributed by atoms with Crippen LogP contribution in [0.3, 0.4) is 0 Å². The summed E-state index contributed by atoms with van der Waals surface area (Å²) in [5, 5.41) is 0. The molecule has 0 heterocycles. The number of rotatable bonds is 0. The van der Waals surface area contributed by atoms with Crippen molar-refractivity contribution < 1.29 is 8.78 Å². The molecule has 0 aromatic carbocycles. The van der Waals surface area contributed by atoms with Crippen molar-refractivity contribution in [3.8, 4) is 12.3 Å². The lowest BCUT2D eigenvalue weighted by molar-refractivity contribution is -0.0440. The molecule has 0 spiro atoms. The van der Waals surface area contributed by atoms with Crippen molar-refractivity contribution in [3.63, 3.8) is 0 Å². The van der Waals surface area contributed by atoms with Crippen LogP contribution in [-0.2, 0) is 0 Å². The van der Waals surface area contributed by atoms with Crippen molar-refractivity contribution in [2.75, 3.05) is 0 Å². The van der Waals surface area contributed by atoms with Crippen LogP contribution in [0.4, 0.5) is 8.78 Å². The Morgan fingerprint density at radius 2 is 2.20 bits per heavy atom. The molecule has 0 nitrogen and oxygen atoms in total. The van der Waals surface area contributed by atoms with Gasteiger partial charge in [-0.2, -0.15) is 0 Å². The molecule has 1 unspecified atom stereocenters. The second kappa shape index (κ2) is 2.57. The Labute approximate surface area is 59.6 Å². The average molecular weight is 144 g/mol. The zero-order valence-corrected chi connectivity index (χ0v) is 5.74. The van der Waals surface area contributed by atoms with Crippen molar-refractivity contribution in [1.29, 1.82) is 0 Å². The minimum atomic E-state index is -2.49. The molecule has 2 heteroatoms. The Balaban J connectivity index is 2.49. The lowest BCUT2D eigenvalue weighted by atomic mass is 9.87. The fourth-order valence-electron chi connectivity index (χ4n) is 1.31. The van der Waals surface area contributed by atoms with E-state index in [4.69, 9.17) is 6.42 Å². The molecule has 0 aromatic rings. The first kappa shape index (κ1) is 7.53. The molecule has 0 aliphatic heterocycles. The maximum atomic E-state index is 12.5. The zero-order valence-electron chi connectivity index (χ0n) is 5.74. The third-order valence-electron chi connectivity index (χ3n) is 1.88. The summed E-state index contributed by atoms with van der Waals surface area (Å²) in [5.41, 5.74) is 0. The molecule has 0 amide bonds. The summed E-state index contributed by atoms with van der Waals surface area (Å²) in [6.07, 6.45) is 6.29. The summed E-state index contributed by atoms with van der Waals surface area (Å²) in [6, 6.07) is 0. The monoisotopic (exact) mass is 144 g/mol. The summed E-state index contributed by atoms with van der Waals surface area (Å²) < 4.78 is 25.1. The molecular formula is C8H10F2. The molecule has 0 aromatic heterocycles. The molecule has 1 aliphatic rings. The number of hydrogen-bond donors (Lipinski definition) is 0. The van der Waals surface area contributed by atoms with Crippen molar-refractivity contribution in [3.05, 3.63) is 0 Å². The van der Waals surface area contributed by atoms with Gasteiger partial charge >= 0.3 is 0 Å². The highest BCUT2D eigenvalue weighted by Gasteiger charge is 2.35. The number of halogens is 2. The maximum absolute atomic E-state index is 12.5. The smallest absolute Gasteiger partial charge is 0.207 e. The van der Waals surface area contributed by atoms with Gasteiger partial charge in [-0.25, -0.2) is 8.78 Å². The molecular weight excluding hydrogens is 134 g/mol. The second-order valence-electron chi connectivity index (χ2n) is 2.82. The number of terminal acetylenes is 1. The fraction of sp³-hybridized carbons (Fsp3) is 0.750. The number of hydrogen-bond acceptors (Lipinski definition) is 0. The van der Waals surface area contributed by atoms with E-state index in [0.29, 0.717) is 6.42 Å². The van der Waals surface area contributed by atoms with Crippen molar-refractivity contribution in [2.24, 2.45) is 5.92 Å². The maximum Gasteiger partial charge on any atom is 0.249 e. The third-order valence-corrected chi connectivity index (χ3v) is 1.88. The third kappa shape index (κ3) is 1.70. The SMILES string of the molecule is C#CC1CCCC(F)(F)C1. The Morgan fingerprint density at radius 1 is 1.50 bits per heavy atom. The van der Waals surface area contributed by atoms with E-state index in [9.17, 15) is 8.78 Å². The van der Waals surface area contributed by atoms with Gasteiger partial charge in [-0.05, 0) is 12.8 Å². The van der Waals surface area contributed by atoms with Gasteiger partial charge in [0, 0.05) is 18.8 Å². The largest absolute Gasteiger partial charge is 0.249 e. The van der Waals surface area contributed by atoms with E-state index in [1.807, 2.05) is 0 Å². The summed E-state index contributed by atoms with van der Waals surface area (Å²) in [4.78, 5) is 0. The molecule has 10 heavy (non-hydrogen) atoms. The minimum absolute atomic E-state index is 0.0190. The minimum Gasteiger partial charge on any atom is -0.207 e. The fourth-order valence-corrected chi connectivity index (χ4v) is 1.31. The first-order chi connectivity index (χ1) is 4.64. The Hall–Kier alpha value is -0.580. The summed E-state index contributed by atoms with van der Waals surface area (Å²) in [5.74, 6) is -0.302. The summed E-state index contributed by atoms with van der Waals surface area (Å²) in [6.45, 7) is 0. The van der Waals surface area contributed by atoms with Crippen LogP contribution in [0.25, 0.3) is 0 Å².